The normalized spacial score (nSPS) is 15.9. The van der Waals surface area contributed by atoms with Crippen LogP contribution in [0.4, 0.5) is 5.88 Å². The molecule has 0 amide bonds. The first kappa shape index (κ1) is 7.65. The van der Waals surface area contributed by atoms with Gasteiger partial charge in [-0.15, -0.1) is 0 Å². The van der Waals surface area contributed by atoms with Crippen LogP contribution in [0.15, 0.2) is 4.42 Å². The lowest BCUT2D eigenvalue weighted by Crippen LogP contribution is -2.09. The van der Waals surface area contributed by atoms with Crippen LogP contribution >= 0.6 is 0 Å². The molecule has 66 valence electrons. The van der Waals surface area contributed by atoms with Gasteiger partial charge in [-0.1, -0.05) is 13.8 Å². The van der Waals surface area contributed by atoms with Crippen molar-refractivity contribution in [1.29, 1.82) is 0 Å². The van der Waals surface area contributed by atoms with Crippen LogP contribution in [-0.4, -0.2) is 11.5 Å². The zero-order valence-corrected chi connectivity index (χ0v) is 7.55. The number of aromatic nitrogens is 1. The fourth-order valence-corrected chi connectivity index (χ4v) is 1.38. The highest BCUT2D eigenvalue weighted by Crippen LogP contribution is 2.25. The summed E-state index contributed by atoms with van der Waals surface area (Å²) in [5, 5.41) is 3.21. The largest absolute Gasteiger partial charge is 0.425 e. The fourth-order valence-electron chi connectivity index (χ4n) is 1.38. The molecule has 0 fully saturated rings. The second-order valence-corrected chi connectivity index (χ2v) is 3.51. The molecule has 0 radical (unpaired) electrons. The van der Waals surface area contributed by atoms with Gasteiger partial charge in [0.25, 0.3) is 0 Å². The van der Waals surface area contributed by atoms with Gasteiger partial charge in [-0.25, -0.2) is 4.98 Å². The van der Waals surface area contributed by atoms with Gasteiger partial charge in [0.1, 0.15) is 5.69 Å². The van der Waals surface area contributed by atoms with Crippen molar-refractivity contribution >= 4 is 5.88 Å². The minimum Gasteiger partial charge on any atom is -0.425 e. The number of hydrogen-bond donors (Lipinski definition) is 1. The number of rotatable bonds is 1. The first-order chi connectivity index (χ1) is 5.77. The summed E-state index contributed by atoms with van der Waals surface area (Å²) in [6, 6.07) is 0. The van der Waals surface area contributed by atoms with Crippen LogP contribution < -0.4 is 5.32 Å². The number of fused-ring (bicyclic) bond motifs is 1. The Labute approximate surface area is 72.2 Å². The molecule has 0 spiro atoms. The molecule has 2 heterocycles. The molecule has 1 aliphatic rings. The molecule has 1 aromatic rings. The Balaban J connectivity index is 2.32. The molecule has 1 aromatic heterocycles. The van der Waals surface area contributed by atoms with Gasteiger partial charge >= 0.3 is 0 Å². The lowest BCUT2D eigenvalue weighted by molar-refractivity contribution is 0.479. The standard InChI is InChI=1S/C9H14N2O/c1-6(2)8-11-7-4-3-5-10-9(7)12-8/h6,10H,3-5H2,1-2H3. The molecule has 0 saturated carbocycles. The smallest absolute Gasteiger partial charge is 0.216 e. The third-order valence-electron chi connectivity index (χ3n) is 2.08. The highest BCUT2D eigenvalue weighted by atomic mass is 16.4. The van der Waals surface area contributed by atoms with E-state index in [-0.39, 0.29) is 0 Å². The molecule has 2 rings (SSSR count). The fraction of sp³-hybridized carbons (Fsp3) is 0.667. The van der Waals surface area contributed by atoms with Crippen molar-refractivity contribution < 1.29 is 4.42 Å². The molecule has 3 nitrogen and oxygen atoms in total. The topological polar surface area (TPSA) is 38.1 Å². The van der Waals surface area contributed by atoms with Crippen LogP contribution in [0.3, 0.4) is 0 Å². The molecular formula is C9H14N2O. The number of oxazole rings is 1. The zero-order valence-electron chi connectivity index (χ0n) is 7.55. The van der Waals surface area contributed by atoms with Crippen molar-refractivity contribution in [3.05, 3.63) is 11.6 Å². The molecule has 0 atom stereocenters. The second kappa shape index (κ2) is 2.81. The summed E-state index contributed by atoms with van der Waals surface area (Å²) < 4.78 is 5.55. The van der Waals surface area contributed by atoms with Crippen molar-refractivity contribution in [2.45, 2.75) is 32.6 Å². The van der Waals surface area contributed by atoms with Gasteiger partial charge in [-0.2, -0.15) is 0 Å². The van der Waals surface area contributed by atoms with Crippen LogP contribution in [0.2, 0.25) is 0 Å². The molecule has 1 N–H and O–H groups in total. The number of aryl methyl sites for hydroxylation is 1. The average molecular weight is 166 g/mol. The third-order valence-corrected chi connectivity index (χ3v) is 2.08. The highest BCUT2D eigenvalue weighted by molar-refractivity contribution is 5.39. The van der Waals surface area contributed by atoms with Crippen molar-refractivity contribution in [3.63, 3.8) is 0 Å². The minimum absolute atomic E-state index is 0.386. The Hall–Kier alpha value is -0.990. The number of hydrogen-bond acceptors (Lipinski definition) is 3. The summed E-state index contributed by atoms with van der Waals surface area (Å²) in [5.41, 5.74) is 1.10. The van der Waals surface area contributed by atoms with Gasteiger partial charge < -0.3 is 9.73 Å². The lowest BCUT2D eigenvalue weighted by atomic mass is 10.2. The molecule has 0 saturated heterocycles. The summed E-state index contributed by atoms with van der Waals surface area (Å²) in [6.07, 6.45) is 2.22. The Morgan fingerprint density at radius 3 is 3.00 bits per heavy atom. The third kappa shape index (κ3) is 1.19. The van der Waals surface area contributed by atoms with Crippen LogP contribution in [0.5, 0.6) is 0 Å². The molecule has 0 aliphatic carbocycles. The molecule has 12 heavy (non-hydrogen) atoms. The number of anilines is 1. The van der Waals surface area contributed by atoms with Crippen molar-refractivity contribution in [1.82, 2.24) is 4.98 Å². The average Bonchev–Trinajstić information content (AvgIpc) is 2.46. The van der Waals surface area contributed by atoms with Crippen LogP contribution in [0.1, 0.15) is 37.8 Å². The summed E-state index contributed by atoms with van der Waals surface area (Å²) in [6.45, 7) is 5.20. The number of nitrogens with zero attached hydrogens (tertiary/aromatic N) is 1. The summed E-state index contributed by atoms with van der Waals surface area (Å²) >= 11 is 0. The second-order valence-electron chi connectivity index (χ2n) is 3.51. The van der Waals surface area contributed by atoms with Gasteiger partial charge in [0, 0.05) is 12.5 Å². The van der Waals surface area contributed by atoms with Gasteiger partial charge in [-0.3, -0.25) is 0 Å². The van der Waals surface area contributed by atoms with E-state index in [9.17, 15) is 0 Å². The predicted molar refractivity (Wildman–Crippen MR) is 47.4 cm³/mol. The van der Waals surface area contributed by atoms with Crippen molar-refractivity contribution in [2.75, 3.05) is 11.9 Å². The molecule has 1 aliphatic heterocycles. The van der Waals surface area contributed by atoms with E-state index in [0.29, 0.717) is 5.92 Å². The van der Waals surface area contributed by atoms with E-state index >= 15 is 0 Å². The van der Waals surface area contributed by atoms with Crippen LogP contribution in [0, 0.1) is 0 Å². The molecular weight excluding hydrogens is 152 g/mol. The first-order valence-corrected chi connectivity index (χ1v) is 4.51. The van der Waals surface area contributed by atoms with E-state index in [4.69, 9.17) is 4.42 Å². The quantitative estimate of drug-likeness (QED) is 0.694. The van der Waals surface area contributed by atoms with Gasteiger partial charge in [0.15, 0.2) is 5.89 Å². The summed E-state index contributed by atoms with van der Waals surface area (Å²) in [5.74, 6) is 2.14. The summed E-state index contributed by atoms with van der Waals surface area (Å²) in [7, 11) is 0. The molecule has 0 unspecified atom stereocenters. The van der Waals surface area contributed by atoms with E-state index in [1.165, 1.54) is 0 Å². The maximum absolute atomic E-state index is 5.55. The van der Waals surface area contributed by atoms with E-state index in [1.54, 1.807) is 0 Å². The SMILES string of the molecule is CC(C)c1nc2c(o1)NCCC2. The zero-order chi connectivity index (χ0) is 8.55. The number of nitrogens with one attached hydrogen (secondary N) is 1. The van der Waals surface area contributed by atoms with E-state index < -0.39 is 0 Å². The molecule has 0 aromatic carbocycles. The van der Waals surface area contributed by atoms with E-state index in [2.05, 4.69) is 24.1 Å². The Morgan fingerprint density at radius 1 is 1.50 bits per heavy atom. The Bertz CT molecular complexity index is 255. The first-order valence-electron chi connectivity index (χ1n) is 4.51. The van der Waals surface area contributed by atoms with E-state index in [0.717, 1.165) is 36.9 Å². The maximum Gasteiger partial charge on any atom is 0.216 e. The van der Waals surface area contributed by atoms with Crippen molar-refractivity contribution in [2.24, 2.45) is 0 Å². The summed E-state index contributed by atoms with van der Waals surface area (Å²) in [4.78, 5) is 4.42. The minimum atomic E-state index is 0.386. The monoisotopic (exact) mass is 166 g/mol. The van der Waals surface area contributed by atoms with Gasteiger partial charge in [0.05, 0.1) is 0 Å². The maximum atomic E-state index is 5.55. The van der Waals surface area contributed by atoms with Gasteiger partial charge in [-0.05, 0) is 12.8 Å². The molecule has 3 heteroatoms. The van der Waals surface area contributed by atoms with Crippen LogP contribution in [-0.2, 0) is 6.42 Å². The van der Waals surface area contributed by atoms with Gasteiger partial charge in [0.2, 0.25) is 5.88 Å². The predicted octanol–water partition coefficient (Wildman–Crippen LogP) is 2.16. The Kier molecular flexibility index (Phi) is 1.79. The highest BCUT2D eigenvalue weighted by Gasteiger charge is 2.17. The van der Waals surface area contributed by atoms with Crippen LogP contribution in [0.25, 0.3) is 0 Å². The molecule has 0 bridgehead atoms. The van der Waals surface area contributed by atoms with Crippen molar-refractivity contribution in [3.8, 4) is 0 Å². The van der Waals surface area contributed by atoms with E-state index in [1.807, 2.05) is 0 Å². The lowest BCUT2D eigenvalue weighted by Gasteiger charge is -2.08. The Morgan fingerprint density at radius 2 is 2.33 bits per heavy atom.